The monoisotopic (exact) mass is 251 g/mol. The molecule has 1 saturated heterocycles. The van der Waals surface area contributed by atoms with E-state index >= 15 is 0 Å². The first-order valence-electron chi connectivity index (χ1n) is 6.82. The number of rotatable bonds is 5. The van der Waals surface area contributed by atoms with E-state index in [1.165, 1.54) is 18.9 Å². The quantitative estimate of drug-likeness (QED) is 0.868. The molecule has 0 spiro atoms. The summed E-state index contributed by atoms with van der Waals surface area (Å²) in [6, 6.07) is 7.30. The van der Waals surface area contributed by atoms with Gasteiger partial charge in [0.25, 0.3) is 0 Å². The average molecular weight is 251 g/mol. The molecule has 1 aliphatic rings. The third-order valence-corrected chi connectivity index (χ3v) is 3.65. The van der Waals surface area contributed by atoms with Crippen LogP contribution in [-0.4, -0.2) is 25.8 Å². The van der Waals surface area contributed by atoms with E-state index in [0.29, 0.717) is 6.10 Å². The molecule has 1 fully saturated rings. The summed E-state index contributed by atoms with van der Waals surface area (Å²) < 4.78 is 19.4. The van der Waals surface area contributed by atoms with Crippen LogP contribution in [0.15, 0.2) is 24.3 Å². The van der Waals surface area contributed by atoms with Crippen molar-refractivity contribution in [2.24, 2.45) is 0 Å². The normalized spacial score (nSPS) is 21.8. The van der Waals surface area contributed by atoms with E-state index < -0.39 is 0 Å². The zero-order chi connectivity index (χ0) is 12.8. The minimum Gasteiger partial charge on any atom is -0.378 e. The number of hydrogen-bond donors (Lipinski definition) is 1. The van der Waals surface area contributed by atoms with Crippen molar-refractivity contribution in [2.45, 2.75) is 44.2 Å². The first kappa shape index (κ1) is 13.5. The molecule has 0 aliphatic carbocycles. The summed E-state index contributed by atoms with van der Waals surface area (Å²) in [5.74, 6) is -0.109. The highest BCUT2D eigenvalue weighted by Crippen LogP contribution is 2.19. The van der Waals surface area contributed by atoms with Gasteiger partial charge < -0.3 is 10.1 Å². The van der Waals surface area contributed by atoms with Crippen molar-refractivity contribution in [1.29, 1.82) is 0 Å². The molecule has 1 aromatic rings. The van der Waals surface area contributed by atoms with Crippen molar-refractivity contribution >= 4 is 0 Å². The van der Waals surface area contributed by atoms with Crippen molar-refractivity contribution in [2.75, 3.05) is 13.7 Å². The Balaban J connectivity index is 1.90. The van der Waals surface area contributed by atoms with Gasteiger partial charge in [-0.2, -0.15) is 0 Å². The summed E-state index contributed by atoms with van der Waals surface area (Å²) >= 11 is 0. The van der Waals surface area contributed by atoms with Gasteiger partial charge in [0.15, 0.2) is 0 Å². The maximum Gasteiger partial charge on any atom is 0.126 e. The Morgan fingerprint density at radius 2 is 2.22 bits per heavy atom. The largest absolute Gasteiger partial charge is 0.378 e. The van der Waals surface area contributed by atoms with Gasteiger partial charge in [0.2, 0.25) is 0 Å². The summed E-state index contributed by atoms with van der Waals surface area (Å²) in [4.78, 5) is 0. The lowest BCUT2D eigenvalue weighted by molar-refractivity contribution is 0.00564. The van der Waals surface area contributed by atoms with Crippen LogP contribution in [0.5, 0.6) is 0 Å². The lowest BCUT2D eigenvalue weighted by atomic mass is 9.97. The Bertz CT molecular complexity index is 363. The van der Waals surface area contributed by atoms with Crippen LogP contribution in [0.2, 0.25) is 0 Å². The topological polar surface area (TPSA) is 21.3 Å². The Hall–Kier alpha value is -0.930. The number of hydrogen-bond acceptors (Lipinski definition) is 2. The number of halogens is 1. The Morgan fingerprint density at radius 3 is 2.89 bits per heavy atom. The lowest BCUT2D eigenvalue weighted by Gasteiger charge is -2.27. The van der Waals surface area contributed by atoms with Crippen LogP contribution in [0.1, 0.15) is 31.2 Å². The molecule has 100 valence electrons. The molecule has 18 heavy (non-hydrogen) atoms. The smallest absolute Gasteiger partial charge is 0.126 e. The number of nitrogens with one attached hydrogen (secondary N) is 1. The van der Waals surface area contributed by atoms with Crippen molar-refractivity contribution < 1.29 is 9.13 Å². The van der Waals surface area contributed by atoms with Gasteiger partial charge in [0.1, 0.15) is 5.82 Å². The zero-order valence-electron chi connectivity index (χ0n) is 11.0. The van der Waals surface area contributed by atoms with Gasteiger partial charge in [-0.15, -0.1) is 0 Å². The summed E-state index contributed by atoms with van der Waals surface area (Å²) in [6.07, 6.45) is 5.58. The minimum absolute atomic E-state index is 0.109. The van der Waals surface area contributed by atoms with Gasteiger partial charge in [0.05, 0.1) is 6.10 Å². The molecule has 1 aliphatic heterocycles. The van der Waals surface area contributed by atoms with Crippen LogP contribution in [0.25, 0.3) is 0 Å². The fourth-order valence-corrected chi connectivity index (χ4v) is 2.54. The van der Waals surface area contributed by atoms with Gasteiger partial charge in [0, 0.05) is 12.6 Å². The average Bonchev–Trinajstić information content (AvgIpc) is 2.41. The standard InChI is InChI=1S/C15H22FNO/c1-17-13(11-14-7-4-5-9-18-14)10-12-6-2-3-8-15(12)16/h2-3,6,8,13-14,17H,4-5,7,9-11H2,1H3. The maximum atomic E-state index is 13.6. The van der Waals surface area contributed by atoms with Gasteiger partial charge in [-0.25, -0.2) is 4.39 Å². The second-order valence-electron chi connectivity index (χ2n) is 5.01. The van der Waals surface area contributed by atoms with Gasteiger partial charge in [-0.1, -0.05) is 18.2 Å². The number of ether oxygens (including phenoxy) is 1. The zero-order valence-corrected chi connectivity index (χ0v) is 11.0. The molecule has 0 saturated carbocycles. The van der Waals surface area contributed by atoms with Gasteiger partial charge >= 0.3 is 0 Å². The van der Waals surface area contributed by atoms with Gasteiger partial charge in [-0.05, 0) is 50.8 Å². The Morgan fingerprint density at radius 1 is 1.39 bits per heavy atom. The second-order valence-corrected chi connectivity index (χ2v) is 5.01. The van der Waals surface area contributed by atoms with Gasteiger partial charge in [-0.3, -0.25) is 0 Å². The highest BCUT2D eigenvalue weighted by molar-refractivity contribution is 5.18. The molecular formula is C15H22FNO. The van der Waals surface area contributed by atoms with Crippen LogP contribution < -0.4 is 5.32 Å². The highest BCUT2D eigenvalue weighted by Gasteiger charge is 2.19. The number of benzene rings is 1. The molecule has 1 heterocycles. The first-order valence-corrected chi connectivity index (χ1v) is 6.82. The van der Waals surface area contributed by atoms with Crippen molar-refractivity contribution in [1.82, 2.24) is 5.32 Å². The van der Waals surface area contributed by atoms with Crippen LogP contribution >= 0.6 is 0 Å². The van der Waals surface area contributed by atoms with Crippen molar-refractivity contribution in [3.05, 3.63) is 35.6 Å². The minimum atomic E-state index is -0.109. The predicted octanol–water partition coefficient (Wildman–Crippen LogP) is 2.92. The molecule has 0 radical (unpaired) electrons. The summed E-state index contributed by atoms with van der Waals surface area (Å²) in [7, 11) is 1.94. The first-order chi connectivity index (χ1) is 8.79. The van der Waals surface area contributed by atoms with E-state index in [1.54, 1.807) is 6.07 Å². The van der Waals surface area contributed by atoms with E-state index in [9.17, 15) is 4.39 Å². The van der Waals surface area contributed by atoms with E-state index in [-0.39, 0.29) is 11.9 Å². The Labute approximate surface area is 109 Å². The molecule has 2 rings (SSSR count). The fraction of sp³-hybridized carbons (Fsp3) is 0.600. The molecule has 0 bridgehead atoms. The van der Waals surface area contributed by atoms with Crippen LogP contribution in [0.3, 0.4) is 0 Å². The molecule has 1 aromatic carbocycles. The van der Waals surface area contributed by atoms with E-state index in [2.05, 4.69) is 5.32 Å². The van der Waals surface area contributed by atoms with Crippen LogP contribution in [-0.2, 0) is 11.2 Å². The molecule has 0 amide bonds. The van der Waals surface area contributed by atoms with E-state index in [4.69, 9.17) is 4.74 Å². The Kier molecular flexibility index (Phi) is 5.14. The predicted molar refractivity (Wildman–Crippen MR) is 71.2 cm³/mol. The summed E-state index contributed by atoms with van der Waals surface area (Å²) in [5, 5.41) is 3.28. The van der Waals surface area contributed by atoms with E-state index in [0.717, 1.165) is 31.4 Å². The lowest BCUT2D eigenvalue weighted by Crippen LogP contribution is -2.34. The highest BCUT2D eigenvalue weighted by atomic mass is 19.1. The van der Waals surface area contributed by atoms with Crippen LogP contribution in [0.4, 0.5) is 4.39 Å². The third-order valence-electron chi connectivity index (χ3n) is 3.65. The maximum absolute atomic E-state index is 13.6. The molecular weight excluding hydrogens is 229 g/mol. The molecule has 3 heteroatoms. The molecule has 2 nitrogen and oxygen atoms in total. The molecule has 2 unspecified atom stereocenters. The van der Waals surface area contributed by atoms with Crippen molar-refractivity contribution in [3.8, 4) is 0 Å². The summed E-state index contributed by atoms with van der Waals surface area (Å²) in [6.45, 7) is 0.876. The fourth-order valence-electron chi connectivity index (χ4n) is 2.54. The van der Waals surface area contributed by atoms with Crippen molar-refractivity contribution in [3.63, 3.8) is 0 Å². The second kappa shape index (κ2) is 6.86. The molecule has 1 N–H and O–H groups in total. The molecule has 2 atom stereocenters. The van der Waals surface area contributed by atoms with E-state index in [1.807, 2.05) is 19.2 Å². The SMILES string of the molecule is CNC(Cc1ccccc1F)CC1CCCCO1. The molecule has 0 aromatic heterocycles. The number of likely N-dealkylation sites (N-methyl/N-ethyl adjacent to an activating group) is 1. The summed E-state index contributed by atoms with van der Waals surface area (Å²) in [5.41, 5.74) is 0.785. The third kappa shape index (κ3) is 3.79. The van der Waals surface area contributed by atoms with Crippen LogP contribution in [0, 0.1) is 5.82 Å².